The van der Waals surface area contributed by atoms with E-state index in [0.717, 1.165) is 5.56 Å². The van der Waals surface area contributed by atoms with Crippen LogP contribution in [0.2, 0.25) is 0 Å². The number of aliphatic hydroxyl groups is 1. The zero-order valence-electron chi connectivity index (χ0n) is 34.2. The van der Waals surface area contributed by atoms with Gasteiger partial charge in [0.2, 0.25) is 0 Å². The number of nitrogens with zero attached hydrogens (tertiary/aromatic N) is 1. The number of β-amino-alcohol motifs (C(OH)–C–C–N with tert-alkyl or cyclic N) is 1. The van der Waals surface area contributed by atoms with E-state index in [4.69, 9.17) is 33.2 Å². The lowest BCUT2D eigenvalue weighted by Crippen LogP contribution is -2.48. The summed E-state index contributed by atoms with van der Waals surface area (Å²) < 4.78 is 39.2. The Hall–Kier alpha value is -5.48. The van der Waals surface area contributed by atoms with Crippen molar-refractivity contribution in [2.75, 3.05) is 53.3 Å². The molecule has 0 aliphatic carbocycles. The molecule has 2 atom stereocenters. The summed E-state index contributed by atoms with van der Waals surface area (Å²) in [5.74, 6) is -0.567. The largest absolute Gasteiger partial charge is 0.492 e. The molecule has 0 saturated carbocycles. The summed E-state index contributed by atoms with van der Waals surface area (Å²) in [5.41, 5.74) is 1.90. The Kier molecular flexibility index (Phi) is 17.1. The molecule has 15 heteroatoms. The quantitative estimate of drug-likeness (QED) is 0.0455. The minimum absolute atomic E-state index is 0.0318. The van der Waals surface area contributed by atoms with E-state index in [0.29, 0.717) is 67.2 Å². The second-order valence-electron chi connectivity index (χ2n) is 14.6. The maximum atomic E-state index is 13.5. The molecule has 314 valence electrons. The molecule has 1 aliphatic rings. The molecule has 4 rings (SSSR count). The molecule has 3 aromatic carbocycles. The summed E-state index contributed by atoms with van der Waals surface area (Å²) in [6.45, 7) is 13.5. The van der Waals surface area contributed by atoms with Crippen molar-refractivity contribution in [1.29, 1.82) is 0 Å². The van der Waals surface area contributed by atoms with Gasteiger partial charge in [-0.1, -0.05) is 24.3 Å². The number of benzene rings is 3. The number of allylic oxidation sites excluding steroid dienone is 2. The predicted molar refractivity (Wildman–Crippen MR) is 216 cm³/mol. The fourth-order valence-corrected chi connectivity index (χ4v) is 5.97. The lowest BCUT2D eigenvalue weighted by Gasteiger charge is -2.30. The van der Waals surface area contributed by atoms with Crippen LogP contribution in [0.15, 0.2) is 95.3 Å². The molecular weight excluding hydrogens is 750 g/mol. The molecule has 0 radical (unpaired) electrons. The van der Waals surface area contributed by atoms with E-state index < -0.39 is 34.4 Å². The van der Waals surface area contributed by atoms with Crippen molar-refractivity contribution in [2.24, 2.45) is 0 Å². The van der Waals surface area contributed by atoms with Crippen LogP contribution in [0.4, 0.5) is 5.69 Å². The number of nitro benzene ring substituents is 1. The first-order valence-electron chi connectivity index (χ1n) is 19.1. The Balaban J connectivity index is 1.19. The Morgan fingerprint density at radius 2 is 1.48 bits per heavy atom. The highest BCUT2D eigenvalue weighted by molar-refractivity contribution is 5.99. The maximum absolute atomic E-state index is 13.5. The van der Waals surface area contributed by atoms with Gasteiger partial charge in [0.15, 0.2) is 0 Å². The van der Waals surface area contributed by atoms with Gasteiger partial charge in [0.05, 0.1) is 55.0 Å². The number of carbonyl (C=O) groups is 2. The number of aliphatic hydroxyl groups excluding tert-OH is 1. The molecule has 58 heavy (non-hydrogen) atoms. The molecule has 0 bridgehead atoms. The van der Waals surface area contributed by atoms with Crippen molar-refractivity contribution in [3.63, 3.8) is 0 Å². The topological polar surface area (TPSA) is 186 Å². The van der Waals surface area contributed by atoms with Crippen LogP contribution < -0.4 is 24.8 Å². The zero-order chi connectivity index (χ0) is 42.2. The minimum Gasteiger partial charge on any atom is -0.492 e. The van der Waals surface area contributed by atoms with Crippen LogP contribution in [0, 0.1) is 10.1 Å². The molecule has 3 N–H and O–H groups in total. The standard InChI is InChI=1S/C43H55N3O12/c1-28(2)54-20-19-53-25-31-11-13-36(14-12-31)57-26-34(47)24-44-43(5,6)27-58-37-17-15-35(16-18-37)55-21-22-56-42(49)39-30(4)45-29(3)38(41(48)52-7)40(39)32-9-8-10-33(23-32)46(50)51/h8-18,23,28,34,40,44-45,47H,19-22,24-27H2,1-7H3. The monoisotopic (exact) mass is 805 g/mol. The lowest BCUT2D eigenvalue weighted by atomic mass is 9.80. The van der Waals surface area contributed by atoms with Crippen LogP contribution in [0.1, 0.15) is 58.6 Å². The van der Waals surface area contributed by atoms with Crippen LogP contribution in [0.3, 0.4) is 0 Å². The number of dihydropyridines is 1. The molecule has 0 amide bonds. The van der Waals surface area contributed by atoms with Gasteiger partial charge in [-0.3, -0.25) is 10.1 Å². The van der Waals surface area contributed by atoms with E-state index in [2.05, 4.69) is 10.6 Å². The van der Waals surface area contributed by atoms with Gasteiger partial charge in [0, 0.05) is 35.6 Å². The number of rotatable bonds is 23. The van der Waals surface area contributed by atoms with Gasteiger partial charge < -0.3 is 48.9 Å². The second-order valence-corrected chi connectivity index (χ2v) is 14.6. The number of ether oxygens (including phenoxy) is 7. The number of hydrogen-bond acceptors (Lipinski definition) is 14. The average Bonchev–Trinajstić information content (AvgIpc) is 3.20. The van der Waals surface area contributed by atoms with E-state index in [1.54, 1.807) is 44.2 Å². The molecule has 1 aliphatic heterocycles. The van der Waals surface area contributed by atoms with Crippen LogP contribution in [-0.2, 0) is 35.1 Å². The minimum atomic E-state index is -0.963. The smallest absolute Gasteiger partial charge is 0.336 e. The van der Waals surface area contributed by atoms with Crippen LogP contribution in [-0.4, -0.2) is 93.0 Å². The molecule has 0 spiro atoms. The molecule has 15 nitrogen and oxygen atoms in total. The number of nitro groups is 1. The van der Waals surface area contributed by atoms with E-state index in [1.165, 1.54) is 25.3 Å². The molecule has 3 aromatic rings. The van der Waals surface area contributed by atoms with Crippen LogP contribution in [0.5, 0.6) is 17.2 Å². The number of hydrogen-bond donors (Lipinski definition) is 3. The van der Waals surface area contributed by atoms with E-state index in [-0.39, 0.29) is 42.8 Å². The Labute approximate surface area is 339 Å². The summed E-state index contributed by atoms with van der Waals surface area (Å²) in [7, 11) is 1.22. The van der Waals surface area contributed by atoms with Gasteiger partial charge in [-0.05, 0) is 89.1 Å². The van der Waals surface area contributed by atoms with Crippen molar-refractivity contribution in [1.82, 2.24) is 10.6 Å². The van der Waals surface area contributed by atoms with Crippen molar-refractivity contribution >= 4 is 17.6 Å². The van der Waals surface area contributed by atoms with Crippen molar-refractivity contribution in [2.45, 2.75) is 71.8 Å². The van der Waals surface area contributed by atoms with Crippen molar-refractivity contribution in [3.05, 3.63) is 117 Å². The SMILES string of the molecule is COC(=O)C1=C(C)NC(C)=C(C(=O)OCCOc2ccc(OCC(C)(C)NCC(O)COc3ccc(COCCOC(C)C)cc3)cc2)C1c1cccc([N+](=O)[O-])c1. The maximum Gasteiger partial charge on any atom is 0.336 e. The highest BCUT2D eigenvalue weighted by Crippen LogP contribution is 2.40. The first-order valence-corrected chi connectivity index (χ1v) is 19.1. The summed E-state index contributed by atoms with van der Waals surface area (Å²) >= 11 is 0. The van der Waals surface area contributed by atoms with Gasteiger partial charge in [-0.2, -0.15) is 0 Å². The molecule has 0 aromatic heterocycles. The normalized spacial score (nSPS) is 14.8. The van der Waals surface area contributed by atoms with E-state index in [1.807, 2.05) is 52.0 Å². The van der Waals surface area contributed by atoms with Gasteiger partial charge >= 0.3 is 11.9 Å². The van der Waals surface area contributed by atoms with Gasteiger partial charge in [-0.25, -0.2) is 9.59 Å². The molecular formula is C43H55N3O12. The second kappa shape index (κ2) is 21.9. The predicted octanol–water partition coefficient (Wildman–Crippen LogP) is 5.75. The highest BCUT2D eigenvalue weighted by atomic mass is 16.6. The van der Waals surface area contributed by atoms with Crippen LogP contribution in [0.25, 0.3) is 0 Å². The number of esters is 2. The molecule has 0 saturated heterocycles. The molecule has 0 fully saturated rings. The first-order chi connectivity index (χ1) is 27.7. The van der Waals surface area contributed by atoms with Gasteiger partial charge in [0.1, 0.15) is 49.8 Å². The van der Waals surface area contributed by atoms with Crippen molar-refractivity contribution < 1.29 is 52.8 Å². The zero-order valence-corrected chi connectivity index (χ0v) is 34.2. The molecule has 2 unspecified atom stereocenters. The third-order valence-corrected chi connectivity index (χ3v) is 8.94. The third-order valence-electron chi connectivity index (χ3n) is 8.94. The Bertz CT molecular complexity index is 1890. The number of carbonyl (C=O) groups excluding carboxylic acids is 2. The number of nitrogens with one attached hydrogen (secondary N) is 2. The third kappa shape index (κ3) is 13.9. The summed E-state index contributed by atoms with van der Waals surface area (Å²) in [6.07, 6.45) is -0.564. The average molecular weight is 806 g/mol. The molecule has 1 heterocycles. The van der Waals surface area contributed by atoms with Gasteiger partial charge in [0.25, 0.3) is 5.69 Å². The lowest BCUT2D eigenvalue weighted by molar-refractivity contribution is -0.384. The fraction of sp³-hybridized carbons (Fsp3) is 0.442. The highest BCUT2D eigenvalue weighted by Gasteiger charge is 2.38. The number of non-ortho nitro benzene ring substituents is 1. The summed E-state index contributed by atoms with van der Waals surface area (Å²) in [5, 5.41) is 28.4. The van der Waals surface area contributed by atoms with Gasteiger partial charge in [-0.15, -0.1) is 0 Å². The summed E-state index contributed by atoms with van der Waals surface area (Å²) in [4.78, 5) is 37.3. The first kappa shape index (κ1) is 45.2. The van der Waals surface area contributed by atoms with E-state index >= 15 is 0 Å². The van der Waals surface area contributed by atoms with Crippen molar-refractivity contribution in [3.8, 4) is 17.2 Å². The number of methoxy groups -OCH3 is 1. The Morgan fingerprint density at radius 3 is 2.12 bits per heavy atom. The fourth-order valence-electron chi connectivity index (χ4n) is 5.97. The van der Waals surface area contributed by atoms with Crippen LogP contribution >= 0.6 is 0 Å². The Morgan fingerprint density at radius 1 is 0.862 bits per heavy atom. The summed E-state index contributed by atoms with van der Waals surface area (Å²) in [6, 6.07) is 20.3. The van der Waals surface area contributed by atoms with E-state index in [9.17, 15) is 24.8 Å².